The summed E-state index contributed by atoms with van der Waals surface area (Å²) in [6, 6.07) is 21.8. The van der Waals surface area contributed by atoms with Crippen LogP contribution in [-0.4, -0.2) is 4.98 Å². The van der Waals surface area contributed by atoms with Crippen molar-refractivity contribution in [3.05, 3.63) is 84.2 Å². The lowest BCUT2D eigenvalue weighted by Gasteiger charge is -2.19. The minimum atomic E-state index is -2.72. The number of nitrogens with one attached hydrogen (secondary N) is 1. The fourth-order valence-electron chi connectivity index (χ4n) is 2.87. The van der Waals surface area contributed by atoms with Crippen LogP contribution in [0.5, 0.6) is 0 Å². The Kier molecular flexibility index (Phi) is 4.51. The lowest BCUT2D eigenvalue weighted by atomic mass is 9.89. The molecule has 0 saturated heterocycles. The third-order valence-corrected chi connectivity index (χ3v) is 7.40. The molecular weight excluding hydrogens is 313 g/mol. The van der Waals surface area contributed by atoms with Gasteiger partial charge in [0, 0.05) is 28.7 Å². The second kappa shape index (κ2) is 6.45. The number of H-pyrrole nitrogens is 1. The van der Waals surface area contributed by atoms with Crippen molar-refractivity contribution >= 4 is 17.8 Å². The number of aromatic amines is 1. The van der Waals surface area contributed by atoms with Gasteiger partial charge in [0.25, 0.3) is 0 Å². The highest BCUT2D eigenvalue weighted by Gasteiger charge is 2.28. The molecule has 0 radical (unpaired) electrons. The number of rotatable bonds is 4. The zero-order chi connectivity index (χ0) is 17.2. The van der Waals surface area contributed by atoms with Gasteiger partial charge in [-0.25, -0.2) is 0 Å². The predicted octanol–water partition coefficient (Wildman–Crippen LogP) is 4.83. The Morgan fingerprint density at radius 2 is 1.38 bits per heavy atom. The zero-order valence-corrected chi connectivity index (χ0v) is 15.4. The normalized spacial score (nSPS) is 12.3. The molecule has 0 aliphatic rings. The van der Waals surface area contributed by atoms with Crippen LogP contribution < -0.4 is 10.6 Å². The van der Waals surface area contributed by atoms with Crippen molar-refractivity contribution in [3.8, 4) is 0 Å². The van der Waals surface area contributed by atoms with Gasteiger partial charge in [0.15, 0.2) is 0 Å². The van der Waals surface area contributed by atoms with Gasteiger partial charge < -0.3 is 9.55 Å². The molecule has 3 rings (SSSR count). The van der Waals surface area contributed by atoms with Gasteiger partial charge in [0.2, 0.25) is 0 Å². The molecule has 2 aromatic carbocycles. The van der Waals surface area contributed by atoms with Crippen molar-refractivity contribution in [1.29, 1.82) is 0 Å². The van der Waals surface area contributed by atoms with Crippen LogP contribution in [0.25, 0.3) is 0 Å². The number of hydrogen-bond acceptors (Lipinski definition) is 1. The van der Waals surface area contributed by atoms with E-state index in [0.717, 1.165) is 16.3 Å². The van der Waals surface area contributed by atoms with E-state index in [1.807, 2.05) is 66.9 Å². The van der Waals surface area contributed by atoms with Crippen LogP contribution in [0.4, 0.5) is 0 Å². The molecule has 1 heterocycles. The highest BCUT2D eigenvalue weighted by atomic mass is 31.2. The number of benzene rings is 2. The molecule has 3 heteroatoms. The lowest BCUT2D eigenvalue weighted by molar-refractivity contribution is 0.585. The van der Waals surface area contributed by atoms with Crippen LogP contribution >= 0.6 is 7.14 Å². The van der Waals surface area contributed by atoms with Crippen molar-refractivity contribution in [3.63, 3.8) is 0 Å². The van der Waals surface area contributed by atoms with E-state index in [-0.39, 0.29) is 5.41 Å². The molecule has 0 spiro atoms. The maximum Gasteiger partial charge on any atom is 0.148 e. The van der Waals surface area contributed by atoms with Gasteiger partial charge in [-0.15, -0.1) is 0 Å². The summed E-state index contributed by atoms with van der Waals surface area (Å²) in [5, 5.41) is 1.81. The second-order valence-electron chi connectivity index (χ2n) is 7.23. The first-order valence-corrected chi connectivity index (χ1v) is 10.2. The first-order chi connectivity index (χ1) is 11.4. The van der Waals surface area contributed by atoms with E-state index in [9.17, 15) is 4.57 Å². The Balaban J connectivity index is 2.04. The molecule has 0 bridgehead atoms. The van der Waals surface area contributed by atoms with Gasteiger partial charge in [0.1, 0.15) is 7.14 Å². The Hall–Kier alpha value is -2.05. The molecule has 0 aliphatic heterocycles. The molecule has 1 N–H and O–H groups in total. The summed E-state index contributed by atoms with van der Waals surface area (Å²) in [5.41, 5.74) is 2.35. The van der Waals surface area contributed by atoms with Crippen molar-refractivity contribution in [2.75, 3.05) is 0 Å². The zero-order valence-electron chi connectivity index (χ0n) is 14.5. The summed E-state index contributed by atoms with van der Waals surface area (Å²) < 4.78 is 14.0. The van der Waals surface area contributed by atoms with E-state index in [0.29, 0.717) is 6.16 Å². The highest BCUT2D eigenvalue weighted by Crippen LogP contribution is 2.46. The summed E-state index contributed by atoms with van der Waals surface area (Å²) in [5.74, 6) is 0. The van der Waals surface area contributed by atoms with E-state index >= 15 is 0 Å². The minimum Gasteiger partial charge on any atom is -0.364 e. The Morgan fingerprint density at radius 1 is 0.875 bits per heavy atom. The Bertz CT molecular complexity index is 801. The van der Waals surface area contributed by atoms with Gasteiger partial charge >= 0.3 is 0 Å². The SMILES string of the molecule is CC(C)(C)c1c[nH]c(CP(=O)(c2ccccc2)c2ccccc2)c1. The van der Waals surface area contributed by atoms with E-state index in [1.54, 1.807) is 0 Å². The highest BCUT2D eigenvalue weighted by molar-refractivity contribution is 7.78. The lowest BCUT2D eigenvalue weighted by Crippen LogP contribution is -2.17. The maximum absolute atomic E-state index is 14.0. The molecular formula is C21H24NOP. The van der Waals surface area contributed by atoms with Crippen LogP contribution in [-0.2, 0) is 16.1 Å². The fraction of sp³-hybridized carbons (Fsp3) is 0.238. The Labute approximate surface area is 144 Å². The largest absolute Gasteiger partial charge is 0.364 e. The number of hydrogen-bond donors (Lipinski definition) is 1. The molecule has 124 valence electrons. The first-order valence-electron chi connectivity index (χ1n) is 8.28. The van der Waals surface area contributed by atoms with Gasteiger partial charge in [-0.2, -0.15) is 0 Å². The molecule has 0 aliphatic carbocycles. The average Bonchev–Trinajstić information content (AvgIpc) is 3.05. The van der Waals surface area contributed by atoms with E-state index in [1.165, 1.54) is 5.56 Å². The van der Waals surface area contributed by atoms with E-state index in [4.69, 9.17) is 0 Å². The van der Waals surface area contributed by atoms with Gasteiger partial charge in [-0.1, -0.05) is 81.4 Å². The van der Waals surface area contributed by atoms with Crippen LogP contribution in [0, 0.1) is 0 Å². The van der Waals surface area contributed by atoms with Crippen molar-refractivity contribution in [2.24, 2.45) is 0 Å². The van der Waals surface area contributed by atoms with Crippen LogP contribution in [0.15, 0.2) is 72.9 Å². The molecule has 0 fully saturated rings. The standard InChI is InChI=1S/C21H24NOP/c1-21(2,3)17-14-18(22-15-17)16-24(23,19-10-6-4-7-11-19)20-12-8-5-9-13-20/h4-15,22H,16H2,1-3H3. The molecule has 0 unspecified atom stereocenters. The molecule has 1 aromatic heterocycles. The molecule has 3 aromatic rings. The van der Waals surface area contributed by atoms with Crippen LogP contribution in [0.2, 0.25) is 0 Å². The minimum absolute atomic E-state index is 0.0816. The van der Waals surface area contributed by atoms with E-state index in [2.05, 4.69) is 31.8 Å². The monoisotopic (exact) mass is 337 g/mol. The summed E-state index contributed by atoms with van der Waals surface area (Å²) in [7, 11) is -2.72. The molecule has 0 amide bonds. The summed E-state index contributed by atoms with van der Waals surface area (Å²) in [4.78, 5) is 3.34. The van der Waals surface area contributed by atoms with Gasteiger partial charge in [-0.3, -0.25) is 0 Å². The average molecular weight is 337 g/mol. The topological polar surface area (TPSA) is 32.9 Å². The molecule has 2 nitrogen and oxygen atoms in total. The smallest absolute Gasteiger partial charge is 0.148 e. The third-order valence-electron chi connectivity index (χ3n) is 4.35. The van der Waals surface area contributed by atoms with Gasteiger partial charge in [-0.05, 0) is 17.0 Å². The van der Waals surface area contributed by atoms with Crippen LogP contribution in [0.3, 0.4) is 0 Å². The van der Waals surface area contributed by atoms with Crippen molar-refractivity contribution in [2.45, 2.75) is 32.3 Å². The molecule has 24 heavy (non-hydrogen) atoms. The summed E-state index contributed by atoms with van der Waals surface area (Å²) in [6.07, 6.45) is 2.55. The third kappa shape index (κ3) is 3.39. The first kappa shape index (κ1) is 16.8. The fourth-order valence-corrected chi connectivity index (χ4v) is 5.51. The predicted molar refractivity (Wildman–Crippen MR) is 103 cm³/mol. The van der Waals surface area contributed by atoms with Crippen molar-refractivity contribution in [1.82, 2.24) is 4.98 Å². The molecule has 0 saturated carbocycles. The van der Waals surface area contributed by atoms with Crippen molar-refractivity contribution < 1.29 is 4.57 Å². The van der Waals surface area contributed by atoms with E-state index < -0.39 is 7.14 Å². The second-order valence-corrected chi connectivity index (χ2v) is 10.1. The number of aromatic nitrogens is 1. The Morgan fingerprint density at radius 3 is 1.79 bits per heavy atom. The van der Waals surface area contributed by atoms with Gasteiger partial charge in [0.05, 0.1) is 0 Å². The quantitative estimate of drug-likeness (QED) is 0.680. The molecule has 0 atom stereocenters. The summed E-state index contributed by atoms with van der Waals surface area (Å²) in [6.45, 7) is 6.57. The summed E-state index contributed by atoms with van der Waals surface area (Å²) >= 11 is 0. The maximum atomic E-state index is 14.0. The van der Waals surface area contributed by atoms with Crippen LogP contribution in [0.1, 0.15) is 32.0 Å².